The first-order valence-electron chi connectivity index (χ1n) is 22.0. The fourth-order valence-electron chi connectivity index (χ4n) is 9.76. The van der Waals surface area contributed by atoms with Gasteiger partial charge < -0.3 is 52.2 Å². The number of methoxy groups -OCH3 is 2. The van der Waals surface area contributed by atoms with Crippen molar-refractivity contribution in [1.29, 1.82) is 0 Å². The van der Waals surface area contributed by atoms with Gasteiger partial charge in [0, 0.05) is 50.3 Å². The van der Waals surface area contributed by atoms with Crippen molar-refractivity contribution in [3.8, 4) is 0 Å². The zero-order valence-corrected chi connectivity index (χ0v) is 40.2. The summed E-state index contributed by atoms with van der Waals surface area (Å²) < 4.78 is 63.9. The Morgan fingerprint density at radius 1 is 1.03 bits per heavy atom. The molecule has 0 radical (unpaired) electrons. The molecule has 0 aromatic rings. The molecule has 3 saturated heterocycles. The summed E-state index contributed by atoms with van der Waals surface area (Å²) in [7, 11) is 1.07. The number of esters is 1. The molecule has 0 saturated carbocycles. The molecule has 0 aromatic heterocycles. The van der Waals surface area contributed by atoms with E-state index in [1.165, 1.54) is 0 Å². The molecule has 1 N–H and O–H groups in total. The molecule has 5 aliphatic heterocycles. The van der Waals surface area contributed by atoms with Crippen molar-refractivity contribution in [1.82, 2.24) is 0 Å². The van der Waals surface area contributed by atoms with E-state index < -0.39 is 56.2 Å². The molecule has 1 unspecified atom stereocenters. The average molecular weight is 924 g/mol. The summed E-state index contributed by atoms with van der Waals surface area (Å²) in [5, 5.41) is 13.0. The van der Waals surface area contributed by atoms with Crippen LogP contribution in [0.15, 0.2) is 59.3 Å². The number of allylic oxidation sites excluding steroid dienone is 2. The average Bonchev–Trinajstić information content (AvgIpc) is 3.55. The maximum Gasteiger partial charge on any atom is 0.316 e. The first-order chi connectivity index (χ1) is 28.5. The molecule has 1 aliphatic carbocycles. The van der Waals surface area contributed by atoms with Gasteiger partial charge in [0.2, 0.25) is 0 Å². The SMILES string of the molecule is CCC(C)[C@H]1O[C@@]2(C=C[C@@H]1C)C[C@@H]1C[C@@H](C/C=C(\C)[C@@H](O[C@H]3C[C@H](OC)[C@@H](OCOC)[C@H](C)O3)[C@@H](C)/C=C/C=C3\CO[C@@H]4[C@H](O[Si](C)(C)CBr)C(C)=C[C@@H](C(=O)O1)[C@]34O)O2. The van der Waals surface area contributed by atoms with E-state index in [-0.39, 0.29) is 67.8 Å². The van der Waals surface area contributed by atoms with Crippen LogP contribution < -0.4 is 0 Å². The molecule has 16 atom stereocenters. The van der Waals surface area contributed by atoms with Crippen LogP contribution in [0, 0.1) is 23.7 Å². The Balaban J connectivity index is 1.39. The van der Waals surface area contributed by atoms with E-state index >= 15 is 0 Å². The fraction of sp³-hybridized carbons (Fsp3) is 0.761. The Morgan fingerprint density at radius 2 is 1.80 bits per heavy atom. The molecule has 2 bridgehead atoms. The second-order valence-corrected chi connectivity index (χ2v) is 24.3. The number of ether oxygens (including phenoxy) is 9. The van der Waals surface area contributed by atoms with Gasteiger partial charge >= 0.3 is 5.97 Å². The van der Waals surface area contributed by atoms with E-state index in [0.717, 1.165) is 17.6 Å². The van der Waals surface area contributed by atoms with Gasteiger partial charge in [-0.3, -0.25) is 4.79 Å². The number of carbonyl (C=O) groups excluding carboxylic acids is 1. The van der Waals surface area contributed by atoms with Crippen molar-refractivity contribution >= 4 is 30.2 Å². The number of hydrogen-bond acceptors (Lipinski definition) is 12. The zero-order chi connectivity index (χ0) is 43.6. The summed E-state index contributed by atoms with van der Waals surface area (Å²) >= 11 is 3.64. The lowest BCUT2D eigenvalue weighted by atomic mass is 9.71. The minimum Gasteiger partial charge on any atom is -0.462 e. The molecule has 0 aromatic carbocycles. The van der Waals surface area contributed by atoms with E-state index in [2.05, 4.69) is 81.9 Å². The molecular formula is C46H71BrO12Si. The maximum absolute atomic E-state index is 14.6. The van der Waals surface area contributed by atoms with Crippen LogP contribution in [0.25, 0.3) is 0 Å². The summed E-state index contributed by atoms with van der Waals surface area (Å²) in [6.45, 7) is 19.2. The largest absolute Gasteiger partial charge is 0.462 e. The minimum absolute atomic E-state index is 0.0676. The molecule has 6 rings (SSSR count). The third-order valence-electron chi connectivity index (χ3n) is 13.4. The number of hydrogen-bond donors (Lipinski definition) is 1. The van der Waals surface area contributed by atoms with Crippen molar-refractivity contribution in [3.05, 3.63) is 59.3 Å². The van der Waals surface area contributed by atoms with Crippen molar-refractivity contribution in [2.24, 2.45) is 23.7 Å². The monoisotopic (exact) mass is 922 g/mol. The van der Waals surface area contributed by atoms with E-state index in [4.69, 9.17) is 47.1 Å². The Hall–Kier alpha value is -1.53. The molecule has 338 valence electrons. The van der Waals surface area contributed by atoms with Gasteiger partial charge in [0.05, 0.1) is 43.2 Å². The number of fused-ring (bicyclic) bond motifs is 2. The number of halogens is 1. The zero-order valence-electron chi connectivity index (χ0n) is 37.6. The second kappa shape index (κ2) is 20.1. The Kier molecular flexibility index (Phi) is 16.1. The Labute approximate surface area is 367 Å². The van der Waals surface area contributed by atoms with Crippen LogP contribution in [0.5, 0.6) is 0 Å². The molecule has 5 heterocycles. The second-order valence-electron chi connectivity index (χ2n) is 18.6. The lowest BCUT2D eigenvalue weighted by Gasteiger charge is -2.48. The summed E-state index contributed by atoms with van der Waals surface area (Å²) in [6.07, 6.45) is 12.7. The predicted molar refractivity (Wildman–Crippen MR) is 234 cm³/mol. The highest BCUT2D eigenvalue weighted by atomic mass is 79.9. The highest BCUT2D eigenvalue weighted by Crippen LogP contribution is 2.48. The maximum atomic E-state index is 14.6. The van der Waals surface area contributed by atoms with Crippen LogP contribution in [-0.4, -0.2) is 125 Å². The van der Waals surface area contributed by atoms with E-state index in [9.17, 15) is 9.90 Å². The van der Waals surface area contributed by atoms with Gasteiger partial charge in [0.1, 0.15) is 36.6 Å². The summed E-state index contributed by atoms with van der Waals surface area (Å²) in [4.78, 5) is 15.4. The van der Waals surface area contributed by atoms with Crippen LogP contribution >= 0.6 is 15.9 Å². The van der Waals surface area contributed by atoms with Crippen LogP contribution in [-0.2, 0) is 51.9 Å². The molecular weight excluding hydrogens is 852 g/mol. The number of alkyl halides is 1. The van der Waals surface area contributed by atoms with Gasteiger partial charge in [0.15, 0.2) is 20.4 Å². The van der Waals surface area contributed by atoms with E-state index in [1.807, 2.05) is 38.2 Å². The molecule has 14 heteroatoms. The van der Waals surface area contributed by atoms with Crippen LogP contribution in [0.1, 0.15) is 80.6 Å². The molecule has 1 spiro atoms. The van der Waals surface area contributed by atoms with Crippen molar-refractivity contribution in [2.75, 3.05) is 32.6 Å². The highest BCUT2D eigenvalue weighted by molar-refractivity contribution is 9.09. The summed E-state index contributed by atoms with van der Waals surface area (Å²) in [5.74, 6) is -2.26. The first-order valence-corrected chi connectivity index (χ1v) is 26.2. The molecule has 60 heavy (non-hydrogen) atoms. The third kappa shape index (κ3) is 10.4. The first kappa shape index (κ1) is 47.9. The Morgan fingerprint density at radius 3 is 2.50 bits per heavy atom. The molecule has 6 aliphatic rings. The predicted octanol–water partition coefficient (Wildman–Crippen LogP) is 7.63. The van der Waals surface area contributed by atoms with Gasteiger partial charge in [-0.15, -0.1) is 0 Å². The highest BCUT2D eigenvalue weighted by Gasteiger charge is 2.61. The minimum atomic E-state index is -2.20. The topological polar surface area (TPSA) is 130 Å². The van der Waals surface area contributed by atoms with Gasteiger partial charge in [-0.25, -0.2) is 0 Å². The molecule has 0 amide bonds. The summed E-state index contributed by atoms with van der Waals surface area (Å²) in [6, 6.07) is 0. The van der Waals surface area contributed by atoms with Gasteiger partial charge in [-0.1, -0.05) is 86.5 Å². The van der Waals surface area contributed by atoms with Crippen LogP contribution in [0.3, 0.4) is 0 Å². The molecule has 12 nitrogen and oxygen atoms in total. The lowest BCUT2D eigenvalue weighted by Crippen LogP contribution is -2.60. The summed E-state index contributed by atoms with van der Waals surface area (Å²) in [5.41, 5.74) is 0.722. The van der Waals surface area contributed by atoms with Crippen LogP contribution in [0.4, 0.5) is 0 Å². The van der Waals surface area contributed by atoms with Crippen molar-refractivity contribution in [3.63, 3.8) is 0 Å². The normalized spacial score (nSPS) is 44.2. The number of aliphatic hydroxyl groups is 1. The fourth-order valence-corrected chi connectivity index (χ4v) is 11.2. The molecule has 3 fully saturated rings. The van der Waals surface area contributed by atoms with E-state index in [0.29, 0.717) is 36.2 Å². The van der Waals surface area contributed by atoms with Gasteiger partial charge in [-0.05, 0) is 69.0 Å². The number of rotatable bonds is 11. The Bertz CT molecular complexity index is 1650. The van der Waals surface area contributed by atoms with E-state index in [1.54, 1.807) is 14.2 Å². The smallest absolute Gasteiger partial charge is 0.316 e. The van der Waals surface area contributed by atoms with Gasteiger partial charge in [-0.2, -0.15) is 0 Å². The third-order valence-corrected chi connectivity index (χ3v) is 18.9. The quantitative estimate of drug-likeness (QED) is 0.0720. The standard InChI is InChI=1S/C46H71BrO12Si/c1-12-27(2)40-30(5)18-19-45(58-40)23-35-21-34(57-45)17-16-29(4)39(56-38-22-37(51-9)42(32(7)54-38)53-26-50-8)28(3)14-13-15-33-24-52-43-41(59-60(10,11)25-47)31(6)20-36(44(48)55-35)46(33,43)49/h13-16,18-20,27-28,30,32,34-43,49H,12,17,21-26H2,1-11H3/b14-13+,29-16+,33-15+/t27?,28-,30-,32-,34+,35-,36-,37-,38-,39-,40+,41+,42-,43+,45-,46+/m0/s1. The lowest BCUT2D eigenvalue weighted by molar-refractivity contribution is -0.300. The van der Waals surface area contributed by atoms with Gasteiger partial charge in [0.25, 0.3) is 0 Å². The van der Waals surface area contributed by atoms with Crippen molar-refractivity contribution in [2.45, 2.75) is 166 Å². The van der Waals surface area contributed by atoms with Crippen LogP contribution in [0.2, 0.25) is 13.1 Å². The van der Waals surface area contributed by atoms with Crippen molar-refractivity contribution < 1.29 is 57.0 Å². The number of carbonyl (C=O) groups is 1.